The van der Waals surface area contributed by atoms with Gasteiger partial charge in [0.05, 0.1) is 7.11 Å². The van der Waals surface area contributed by atoms with Crippen LogP contribution >= 0.6 is 0 Å². The van der Waals surface area contributed by atoms with Crippen LogP contribution in [0.1, 0.15) is 37.0 Å². The van der Waals surface area contributed by atoms with Crippen LogP contribution in [0.3, 0.4) is 0 Å². The minimum atomic E-state index is -0.641. The molecule has 0 fully saturated rings. The van der Waals surface area contributed by atoms with Crippen LogP contribution in [0.25, 0.3) is 0 Å². The fourth-order valence-corrected chi connectivity index (χ4v) is 1.38. The number of anilines is 1. The number of methoxy groups -OCH3 is 1. The van der Waals surface area contributed by atoms with Crippen molar-refractivity contribution in [3.05, 3.63) is 17.6 Å². The molecule has 0 atom stereocenters. The van der Waals surface area contributed by atoms with Crippen molar-refractivity contribution in [2.24, 2.45) is 0 Å². The Balaban J connectivity index is 3.08. The van der Waals surface area contributed by atoms with Crippen LogP contribution < -0.4 is 5.73 Å². The zero-order chi connectivity index (χ0) is 13.1. The van der Waals surface area contributed by atoms with Crippen LogP contribution in [-0.2, 0) is 15.1 Å². The SMILES string of the molecule is CCOC(C)(C)c1ncc(C(=O)OC)c(N)n1. The summed E-state index contributed by atoms with van der Waals surface area (Å²) in [6.07, 6.45) is 1.35. The molecular formula is C11H17N3O3. The van der Waals surface area contributed by atoms with Gasteiger partial charge in [-0.3, -0.25) is 0 Å². The van der Waals surface area contributed by atoms with Crippen LogP contribution in [-0.4, -0.2) is 29.7 Å². The van der Waals surface area contributed by atoms with E-state index in [4.69, 9.17) is 10.5 Å². The van der Waals surface area contributed by atoms with E-state index in [-0.39, 0.29) is 11.4 Å². The molecule has 0 aliphatic carbocycles. The summed E-state index contributed by atoms with van der Waals surface area (Å²) >= 11 is 0. The van der Waals surface area contributed by atoms with Crippen LogP contribution in [0, 0.1) is 0 Å². The summed E-state index contributed by atoms with van der Waals surface area (Å²) in [5, 5.41) is 0. The molecule has 0 aliphatic heterocycles. The Kier molecular flexibility index (Phi) is 4.01. The first-order valence-electron chi connectivity index (χ1n) is 5.27. The number of ether oxygens (including phenoxy) is 2. The van der Waals surface area contributed by atoms with Crippen LogP contribution in [0.2, 0.25) is 0 Å². The maximum atomic E-state index is 11.3. The molecule has 0 aromatic carbocycles. The molecule has 0 unspecified atom stereocenters. The summed E-state index contributed by atoms with van der Waals surface area (Å²) in [6, 6.07) is 0. The van der Waals surface area contributed by atoms with E-state index in [2.05, 4.69) is 14.7 Å². The Morgan fingerprint density at radius 3 is 2.65 bits per heavy atom. The van der Waals surface area contributed by atoms with Gasteiger partial charge in [-0.05, 0) is 20.8 Å². The largest absolute Gasteiger partial charge is 0.465 e. The zero-order valence-electron chi connectivity index (χ0n) is 10.5. The zero-order valence-corrected chi connectivity index (χ0v) is 10.5. The van der Waals surface area contributed by atoms with Crippen LogP contribution in [0.4, 0.5) is 5.82 Å². The fraction of sp³-hybridized carbons (Fsp3) is 0.545. The summed E-state index contributed by atoms with van der Waals surface area (Å²) < 4.78 is 10.1. The van der Waals surface area contributed by atoms with Gasteiger partial charge in [0, 0.05) is 12.8 Å². The Labute approximate surface area is 100 Å². The van der Waals surface area contributed by atoms with Crippen molar-refractivity contribution in [1.29, 1.82) is 0 Å². The quantitative estimate of drug-likeness (QED) is 0.792. The second kappa shape index (κ2) is 5.09. The highest BCUT2D eigenvalue weighted by molar-refractivity contribution is 5.93. The molecule has 0 saturated carbocycles. The number of nitrogens with two attached hydrogens (primary N) is 1. The van der Waals surface area contributed by atoms with Crippen molar-refractivity contribution in [3.8, 4) is 0 Å². The number of nitrogens with zero attached hydrogens (tertiary/aromatic N) is 2. The first-order valence-corrected chi connectivity index (χ1v) is 5.27. The highest BCUT2D eigenvalue weighted by atomic mass is 16.5. The first-order chi connectivity index (χ1) is 7.92. The first kappa shape index (κ1) is 13.4. The van der Waals surface area contributed by atoms with Gasteiger partial charge in [-0.15, -0.1) is 0 Å². The highest BCUT2D eigenvalue weighted by Gasteiger charge is 2.25. The van der Waals surface area contributed by atoms with Crippen molar-refractivity contribution < 1.29 is 14.3 Å². The summed E-state index contributed by atoms with van der Waals surface area (Å²) in [7, 11) is 1.28. The monoisotopic (exact) mass is 239 g/mol. The van der Waals surface area contributed by atoms with Gasteiger partial charge in [0.15, 0.2) is 5.82 Å². The molecule has 0 bridgehead atoms. The third kappa shape index (κ3) is 2.91. The topological polar surface area (TPSA) is 87.3 Å². The minimum Gasteiger partial charge on any atom is -0.465 e. The number of nitrogen functional groups attached to an aromatic ring is 1. The van der Waals surface area contributed by atoms with E-state index in [1.807, 2.05) is 20.8 Å². The lowest BCUT2D eigenvalue weighted by molar-refractivity contribution is -0.0207. The van der Waals surface area contributed by atoms with Gasteiger partial charge in [-0.2, -0.15) is 0 Å². The predicted molar refractivity (Wildman–Crippen MR) is 62.4 cm³/mol. The molecule has 0 aliphatic rings. The molecule has 1 rings (SSSR count). The molecule has 94 valence electrons. The number of hydrogen-bond acceptors (Lipinski definition) is 6. The number of carbonyl (C=O) groups excluding carboxylic acids is 1. The lowest BCUT2D eigenvalue weighted by Gasteiger charge is -2.23. The van der Waals surface area contributed by atoms with Crippen LogP contribution in [0.15, 0.2) is 6.20 Å². The van der Waals surface area contributed by atoms with E-state index in [0.29, 0.717) is 12.4 Å². The highest BCUT2D eigenvalue weighted by Crippen LogP contribution is 2.22. The summed E-state index contributed by atoms with van der Waals surface area (Å²) in [5.41, 5.74) is 5.20. The van der Waals surface area contributed by atoms with Gasteiger partial charge in [-0.25, -0.2) is 14.8 Å². The Morgan fingerprint density at radius 1 is 1.53 bits per heavy atom. The molecule has 17 heavy (non-hydrogen) atoms. The third-order valence-electron chi connectivity index (χ3n) is 2.27. The summed E-state index contributed by atoms with van der Waals surface area (Å²) in [6.45, 7) is 6.09. The Morgan fingerprint density at radius 2 is 2.18 bits per heavy atom. The molecule has 1 heterocycles. The van der Waals surface area contributed by atoms with Gasteiger partial charge in [0.2, 0.25) is 0 Å². The second-order valence-electron chi connectivity index (χ2n) is 3.93. The lowest BCUT2D eigenvalue weighted by atomic mass is 10.1. The normalized spacial score (nSPS) is 11.3. The molecule has 0 saturated heterocycles. The van der Waals surface area contributed by atoms with E-state index in [0.717, 1.165) is 0 Å². The third-order valence-corrected chi connectivity index (χ3v) is 2.27. The molecule has 1 aromatic heterocycles. The molecule has 2 N–H and O–H groups in total. The maximum absolute atomic E-state index is 11.3. The number of aromatic nitrogens is 2. The van der Waals surface area contributed by atoms with Gasteiger partial charge in [0.25, 0.3) is 0 Å². The van der Waals surface area contributed by atoms with Crippen molar-refractivity contribution in [2.45, 2.75) is 26.4 Å². The van der Waals surface area contributed by atoms with Gasteiger partial charge < -0.3 is 15.2 Å². The van der Waals surface area contributed by atoms with Gasteiger partial charge >= 0.3 is 5.97 Å². The van der Waals surface area contributed by atoms with Crippen molar-refractivity contribution in [1.82, 2.24) is 9.97 Å². The van der Waals surface area contributed by atoms with E-state index >= 15 is 0 Å². The molecule has 0 spiro atoms. The summed E-state index contributed by atoms with van der Waals surface area (Å²) in [5.74, 6) is -0.0256. The lowest BCUT2D eigenvalue weighted by Crippen LogP contribution is -2.26. The predicted octanol–water partition coefficient (Wildman–Crippen LogP) is 1.12. The van der Waals surface area contributed by atoms with Gasteiger partial charge in [-0.1, -0.05) is 0 Å². The number of esters is 1. The Bertz CT molecular complexity index is 418. The van der Waals surface area contributed by atoms with Gasteiger partial charge in [0.1, 0.15) is 17.0 Å². The molecule has 1 aromatic rings. The standard InChI is InChI=1S/C11H17N3O3/c1-5-17-11(2,3)10-13-6-7(8(12)14-10)9(15)16-4/h6H,5H2,1-4H3,(H2,12,13,14). The van der Waals surface area contributed by atoms with E-state index in [1.165, 1.54) is 13.3 Å². The van der Waals surface area contributed by atoms with E-state index in [1.54, 1.807) is 0 Å². The smallest absolute Gasteiger partial charge is 0.343 e. The maximum Gasteiger partial charge on any atom is 0.343 e. The summed E-state index contributed by atoms with van der Waals surface area (Å²) in [4.78, 5) is 19.5. The molecule has 6 nitrogen and oxygen atoms in total. The van der Waals surface area contributed by atoms with Crippen molar-refractivity contribution in [2.75, 3.05) is 19.5 Å². The average molecular weight is 239 g/mol. The number of carbonyl (C=O) groups is 1. The van der Waals surface area contributed by atoms with E-state index in [9.17, 15) is 4.79 Å². The Hall–Kier alpha value is -1.69. The van der Waals surface area contributed by atoms with Crippen LogP contribution in [0.5, 0.6) is 0 Å². The minimum absolute atomic E-state index is 0.0922. The molecule has 6 heteroatoms. The number of rotatable bonds is 4. The molecule has 0 radical (unpaired) electrons. The van der Waals surface area contributed by atoms with Crippen molar-refractivity contribution >= 4 is 11.8 Å². The van der Waals surface area contributed by atoms with Crippen molar-refractivity contribution in [3.63, 3.8) is 0 Å². The average Bonchev–Trinajstić information content (AvgIpc) is 2.28. The number of hydrogen-bond donors (Lipinski definition) is 1. The molecule has 0 amide bonds. The fourth-order valence-electron chi connectivity index (χ4n) is 1.38. The van der Waals surface area contributed by atoms with E-state index < -0.39 is 11.6 Å². The second-order valence-corrected chi connectivity index (χ2v) is 3.93. The molecular weight excluding hydrogens is 222 g/mol.